The van der Waals surface area contributed by atoms with E-state index in [9.17, 15) is 4.79 Å². The Hall–Kier alpha value is -0.770. The largest absolute Gasteiger partial charge is 0.465 e. The zero-order chi connectivity index (χ0) is 9.68. The van der Waals surface area contributed by atoms with Gasteiger partial charge in [0.15, 0.2) is 0 Å². The third-order valence-corrected chi connectivity index (χ3v) is 2.42. The summed E-state index contributed by atoms with van der Waals surface area (Å²) in [6.45, 7) is 2.51. The second kappa shape index (κ2) is 5.07. The average molecular weight is 246 g/mol. The molecular formula is C9H12BrNO2. The van der Waals surface area contributed by atoms with Crippen LogP contribution < -0.4 is 0 Å². The average Bonchev–Trinajstić information content (AvgIpc) is 2.09. The highest BCUT2D eigenvalue weighted by molar-refractivity contribution is 9.09. The summed E-state index contributed by atoms with van der Waals surface area (Å²) in [5, 5.41) is 0. The number of carbonyl (C=O) groups is 1. The monoisotopic (exact) mass is 245 g/mol. The van der Waals surface area contributed by atoms with Gasteiger partial charge in [-0.3, -0.25) is 4.79 Å². The van der Waals surface area contributed by atoms with Gasteiger partial charge in [-0.25, -0.2) is 0 Å². The Morgan fingerprint density at radius 1 is 1.62 bits per heavy atom. The van der Waals surface area contributed by atoms with Gasteiger partial charge in [0.25, 0.3) is 0 Å². The zero-order valence-corrected chi connectivity index (χ0v) is 9.03. The van der Waals surface area contributed by atoms with Gasteiger partial charge in [0.05, 0.1) is 6.61 Å². The van der Waals surface area contributed by atoms with Crippen LogP contribution in [0.4, 0.5) is 0 Å². The number of nitrogens with zero attached hydrogens (tertiary/aromatic N) is 1. The van der Waals surface area contributed by atoms with Crippen LogP contribution in [0.1, 0.15) is 6.92 Å². The Balaban J connectivity index is 2.40. The minimum absolute atomic E-state index is 0.0851. The second-order valence-corrected chi connectivity index (χ2v) is 3.51. The van der Waals surface area contributed by atoms with E-state index >= 15 is 0 Å². The Bertz CT molecular complexity index is 238. The van der Waals surface area contributed by atoms with Crippen LogP contribution in [-0.2, 0) is 9.53 Å². The van der Waals surface area contributed by atoms with E-state index in [2.05, 4.69) is 15.9 Å². The van der Waals surface area contributed by atoms with Crippen molar-refractivity contribution >= 4 is 21.9 Å². The summed E-state index contributed by atoms with van der Waals surface area (Å²) in [7, 11) is 0. The topological polar surface area (TPSA) is 29.5 Å². The van der Waals surface area contributed by atoms with Crippen LogP contribution in [0.5, 0.6) is 0 Å². The number of hydrogen-bond acceptors (Lipinski definition) is 3. The van der Waals surface area contributed by atoms with E-state index in [-0.39, 0.29) is 17.5 Å². The molecule has 4 heteroatoms. The summed E-state index contributed by atoms with van der Waals surface area (Å²) in [5.74, 6) is -0.202. The molecule has 1 aliphatic rings. The molecule has 1 heterocycles. The minimum Gasteiger partial charge on any atom is -0.465 e. The van der Waals surface area contributed by atoms with Crippen molar-refractivity contribution in [1.29, 1.82) is 0 Å². The van der Waals surface area contributed by atoms with Crippen LogP contribution >= 0.6 is 15.9 Å². The van der Waals surface area contributed by atoms with Crippen LogP contribution in [0.15, 0.2) is 24.4 Å². The summed E-state index contributed by atoms with van der Waals surface area (Å²) >= 11 is 3.41. The van der Waals surface area contributed by atoms with Gasteiger partial charge >= 0.3 is 5.97 Å². The van der Waals surface area contributed by atoms with E-state index < -0.39 is 0 Å². The Morgan fingerprint density at radius 3 is 3.00 bits per heavy atom. The quantitative estimate of drug-likeness (QED) is 0.431. The van der Waals surface area contributed by atoms with Crippen molar-refractivity contribution in [3.63, 3.8) is 0 Å². The first-order chi connectivity index (χ1) is 6.24. The lowest BCUT2D eigenvalue weighted by molar-refractivity contribution is -0.143. The van der Waals surface area contributed by atoms with Gasteiger partial charge in [-0.15, -0.1) is 0 Å². The molecule has 1 atom stereocenters. The van der Waals surface area contributed by atoms with Crippen LogP contribution in [0.25, 0.3) is 0 Å². The minimum atomic E-state index is -0.202. The molecular weight excluding hydrogens is 234 g/mol. The highest BCUT2D eigenvalue weighted by atomic mass is 79.9. The molecule has 3 nitrogen and oxygen atoms in total. The highest BCUT2D eigenvalue weighted by Crippen LogP contribution is 2.13. The Labute approximate surface area is 86.2 Å². The van der Waals surface area contributed by atoms with Crippen molar-refractivity contribution in [1.82, 2.24) is 4.90 Å². The first-order valence-corrected chi connectivity index (χ1v) is 5.06. The smallest absolute Gasteiger partial charge is 0.325 e. The second-order valence-electron chi connectivity index (χ2n) is 2.58. The lowest BCUT2D eigenvalue weighted by Crippen LogP contribution is -2.32. The van der Waals surface area contributed by atoms with Crippen LogP contribution in [0, 0.1) is 0 Å². The number of ether oxygens (including phenoxy) is 1. The molecule has 1 unspecified atom stereocenters. The van der Waals surface area contributed by atoms with Crippen LogP contribution in [-0.4, -0.2) is 29.0 Å². The number of halogens is 1. The predicted molar refractivity (Wildman–Crippen MR) is 54.3 cm³/mol. The molecule has 0 spiro atoms. The van der Waals surface area contributed by atoms with E-state index in [4.69, 9.17) is 4.74 Å². The third-order valence-electron chi connectivity index (χ3n) is 1.59. The van der Waals surface area contributed by atoms with E-state index in [1.807, 2.05) is 29.3 Å². The molecule has 0 bridgehead atoms. The van der Waals surface area contributed by atoms with E-state index in [0.29, 0.717) is 6.61 Å². The number of carbonyl (C=O) groups excluding carboxylic acids is 1. The number of rotatable bonds is 3. The predicted octanol–water partition coefficient (Wildman–Crippen LogP) is 1.66. The number of hydrogen-bond donors (Lipinski definition) is 0. The third kappa shape index (κ3) is 3.22. The van der Waals surface area contributed by atoms with Crippen LogP contribution in [0.3, 0.4) is 0 Å². The molecule has 0 aromatic rings. The van der Waals surface area contributed by atoms with Gasteiger partial charge in [-0.05, 0) is 13.0 Å². The van der Waals surface area contributed by atoms with E-state index in [1.165, 1.54) is 0 Å². The molecule has 0 aliphatic carbocycles. The first-order valence-electron chi connectivity index (χ1n) is 4.14. The molecule has 0 saturated carbocycles. The maximum absolute atomic E-state index is 11.1. The van der Waals surface area contributed by atoms with Gasteiger partial charge in [0.1, 0.15) is 11.5 Å². The summed E-state index contributed by atoms with van der Waals surface area (Å²) in [5.41, 5.74) is 0. The molecule has 0 amide bonds. The highest BCUT2D eigenvalue weighted by Gasteiger charge is 2.14. The fraction of sp³-hybridized carbons (Fsp3) is 0.444. The fourth-order valence-electron chi connectivity index (χ4n) is 1.00. The number of esters is 1. The molecule has 1 aliphatic heterocycles. The molecule has 13 heavy (non-hydrogen) atoms. The number of alkyl halides is 1. The molecule has 1 rings (SSSR count). The summed E-state index contributed by atoms with van der Waals surface area (Å²) in [6, 6.07) is 0. The van der Waals surface area contributed by atoms with Crippen molar-refractivity contribution in [2.45, 2.75) is 11.9 Å². The standard InChI is InChI=1S/C9H12BrNO2/c1-2-13-9(12)7-11-6-4-3-5-8(11)10/h3-6,8H,2,7H2,1H3. The summed E-state index contributed by atoms with van der Waals surface area (Å²) in [6.07, 6.45) is 7.63. The molecule has 0 aromatic carbocycles. The molecule has 0 saturated heterocycles. The van der Waals surface area contributed by atoms with Gasteiger partial charge in [0, 0.05) is 6.20 Å². The molecule has 72 valence electrons. The molecule has 0 N–H and O–H groups in total. The lowest BCUT2D eigenvalue weighted by Gasteiger charge is -2.24. The molecule has 0 radical (unpaired) electrons. The van der Waals surface area contributed by atoms with Crippen molar-refractivity contribution in [2.24, 2.45) is 0 Å². The maximum Gasteiger partial charge on any atom is 0.325 e. The lowest BCUT2D eigenvalue weighted by atomic mass is 10.3. The van der Waals surface area contributed by atoms with E-state index in [0.717, 1.165) is 0 Å². The van der Waals surface area contributed by atoms with Crippen molar-refractivity contribution < 1.29 is 9.53 Å². The van der Waals surface area contributed by atoms with Crippen LogP contribution in [0.2, 0.25) is 0 Å². The Kier molecular flexibility index (Phi) is 4.02. The maximum atomic E-state index is 11.1. The van der Waals surface area contributed by atoms with Crippen molar-refractivity contribution in [3.05, 3.63) is 24.4 Å². The zero-order valence-electron chi connectivity index (χ0n) is 7.44. The van der Waals surface area contributed by atoms with Crippen molar-refractivity contribution in [3.8, 4) is 0 Å². The Morgan fingerprint density at radius 2 is 2.38 bits per heavy atom. The van der Waals surface area contributed by atoms with Gasteiger partial charge in [-0.2, -0.15) is 0 Å². The summed E-state index contributed by atoms with van der Waals surface area (Å²) in [4.78, 5) is 13.1. The van der Waals surface area contributed by atoms with Gasteiger partial charge in [0.2, 0.25) is 0 Å². The van der Waals surface area contributed by atoms with Gasteiger partial charge in [-0.1, -0.05) is 28.1 Å². The van der Waals surface area contributed by atoms with Gasteiger partial charge < -0.3 is 9.64 Å². The first kappa shape index (κ1) is 10.3. The van der Waals surface area contributed by atoms with E-state index in [1.54, 1.807) is 6.92 Å². The van der Waals surface area contributed by atoms with Crippen molar-refractivity contribution in [2.75, 3.05) is 13.2 Å². The summed E-state index contributed by atoms with van der Waals surface area (Å²) < 4.78 is 4.83. The normalized spacial score (nSPS) is 20.5. The fourth-order valence-corrected chi connectivity index (χ4v) is 1.46. The SMILES string of the molecule is CCOC(=O)CN1C=CC=CC1Br. The molecule has 0 fully saturated rings. The number of allylic oxidation sites excluding steroid dienone is 2. The molecule has 0 aromatic heterocycles.